The van der Waals surface area contributed by atoms with Gasteiger partial charge in [0.25, 0.3) is 0 Å². The zero-order valence-corrected chi connectivity index (χ0v) is 16.7. The van der Waals surface area contributed by atoms with Crippen molar-refractivity contribution in [3.63, 3.8) is 0 Å². The van der Waals surface area contributed by atoms with Gasteiger partial charge < -0.3 is 4.74 Å². The van der Waals surface area contributed by atoms with Gasteiger partial charge >= 0.3 is 6.36 Å². The minimum Gasteiger partial charge on any atom is -0.406 e. The molecule has 0 radical (unpaired) electrons. The summed E-state index contributed by atoms with van der Waals surface area (Å²) in [5.41, 5.74) is 2.80. The summed E-state index contributed by atoms with van der Waals surface area (Å²) in [5.74, 6) is -0.178. The third kappa shape index (κ3) is 5.62. The van der Waals surface area contributed by atoms with Crippen LogP contribution in [0.1, 0.15) is 23.2 Å². The number of benzene rings is 1. The second kappa shape index (κ2) is 8.71. The van der Waals surface area contributed by atoms with Gasteiger partial charge in [-0.1, -0.05) is 23.7 Å². The number of ether oxygens (including phenoxy) is 1. The van der Waals surface area contributed by atoms with Gasteiger partial charge in [-0.25, -0.2) is 0 Å². The van der Waals surface area contributed by atoms with Gasteiger partial charge in [-0.3, -0.25) is 14.5 Å². The molecule has 9 heteroatoms. The topological polar surface area (TPSA) is 33.5 Å². The number of aryl methyl sites for hydroxylation is 2. The molecule has 28 heavy (non-hydrogen) atoms. The zero-order chi connectivity index (χ0) is 20.3. The van der Waals surface area contributed by atoms with Crippen molar-refractivity contribution in [2.75, 3.05) is 26.2 Å². The Hall–Kier alpha value is -1.77. The minimum absolute atomic E-state index is 0.178. The average molecular weight is 417 g/mol. The zero-order valence-electron chi connectivity index (χ0n) is 16.0. The Bertz CT molecular complexity index is 809. The lowest BCUT2D eigenvalue weighted by molar-refractivity contribution is -0.274. The van der Waals surface area contributed by atoms with Gasteiger partial charge in [-0.2, -0.15) is 5.10 Å². The summed E-state index contributed by atoms with van der Waals surface area (Å²) in [7, 11) is 1.83. The maximum Gasteiger partial charge on any atom is 0.573 e. The first-order valence-electron chi connectivity index (χ1n) is 9.18. The summed E-state index contributed by atoms with van der Waals surface area (Å²) < 4.78 is 42.9. The predicted molar refractivity (Wildman–Crippen MR) is 101 cm³/mol. The Kier molecular flexibility index (Phi) is 6.52. The normalized spacial score (nSPS) is 16.9. The van der Waals surface area contributed by atoms with Gasteiger partial charge in [0.05, 0.1) is 5.69 Å². The van der Waals surface area contributed by atoms with Crippen molar-refractivity contribution in [1.29, 1.82) is 0 Å². The molecule has 2 heterocycles. The molecule has 0 saturated carbocycles. The molecule has 1 saturated heterocycles. The molecule has 5 nitrogen and oxygen atoms in total. The standard InChI is InChI=1S/C19H24ClF3N4O/c1-14-17(18(20)25(2)24-14)13-27-8-4-7-26(9-10-27)12-15-5-3-6-16(11-15)28-19(21,22)23/h3,5-6,11H,4,7-10,12-13H2,1-2H3. The lowest BCUT2D eigenvalue weighted by Crippen LogP contribution is -2.30. The number of rotatable bonds is 5. The molecule has 3 rings (SSSR count). The molecule has 154 valence electrons. The fraction of sp³-hybridized carbons (Fsp3) is 0.526. The smallest absolute Gasteiger partial charge is 0.406 e. The molecule has 0 bridgehead atoms. The predicted octanol–water partition coefficient (Wildman–Crippen LogP) is 3.99. The molecule has 1 aliphatic rings. The third-order valence-electron chi connectivity index (χ3n) is 4.87. The van der Waals surface area contributed by atoms with E-state index in [1.165, 1.54) is 12.1 Å². The first-order valence-corrected chi connectivity index (χ1v) is 9.56. The molecular weight excluding hydrogens is 393 g/mol. The van der Waals surface area contributed by atoms with Crippen LogP contribution in [-0.2, 0) is 20.1 Å². The molecule has 1 aromatic carbocycles. The second-order valence-electron chi connectivity index (χ2n) is 7.08. The molecule has 2 aromatic rings. The largest absolute Gasteiger partial charge is 0.573 e. The van der Waals surface area contributed by atoms with Crippen molar-refractivity contribution in [3.05, 3.63) is 46.2 Å². The van der Waals surface area contributed by atoms with E-state index >= 15 is 0 Å². The quantitative estimate of drug-likeness (QED) is 0.738. The highest BCUT2D eigenvalue weighted by atomic mass is 35.5. The second-order valence-corrected chi connectivity index (χ2v) is 7.44. The van der Waals surface area contributed by atoms with Crippen molar-refractivity contribution in [3.8, 4) is 5.75 Å². The Morgan fingerprint density at radius 3 is 2.39 bits per heavy atom. The van der Waals surface area contributed by atoms with E-state index < -0.39 is 6.36 Å². The lowest BCUT2D eigenvalue weighted by Gasteiger charge is -2.22. The highest BCUT2D eigenvalue weighted by Gasteiger charge is 2.31. The molecule has 0 aliphatic carbocycles. The molecule has 0 amide bonds. The molecule has 1 aromatic heterocycles. The summed E-state index contributed by atoms with van der Waals surface area (Å²) in [5, 5.41) is 5.03. The van der Waals surface area contributed by atoms with Crippen LogP contribution in [0.2, 0.25) is 5.15 Å². The maximum absolute atomic E-state index is 12.4. The van der Waals surface area contributed by atoms with Crippen LogP contribution in [-0.4, -0.2) is 52.1 Å². The van der Waals surface area contributed by atoms with Gasteiger partial charge in [-0.05, 0) is 44.1 Å². The van der Waals surface area contributed by atoms with Gasteiger partial charge in [0, 0.05) is 38.8 Å². The summed E-state index contributed by atoms with van der Waals surface area (Å²) in [6, 6.07) is 6.19. The van der Waals surface area contributed by atoms with Crippen LogP contribution in [0.4, 0.5) is 13.2 Å². The van der Waals surface area contributed by atoms with Crippen LogP contribution >= 0.6 is 11.6 Å². The third-order valence-corrected chi connectivity index (χ3v) is 5.34. The van der Waals surface area contributed by atoms with Gasteiger partial charge in [0.1, 0.15) is 10.9 Å². The summed E-state index contributed by atoms with van der Waals surface area (Å²) in [4.78, 5) is 4.60. The monoisotopic (exact) mass is 416 g/mol. The van der Waals surface area contributed by atoms with Crippen molar-refractivity contribution < 1.29 is 17.9 Å². The van der Waals surface area contributed by atoms with Crippen LogP contribution in [0.3, 0.4) is 0 Å². The first-order chi connectivity index (χ1) is 13.2. The first kappa shape index (κ1) is 21.0. The van der Waals surface area contributed by atoms with Crippen LogP contribution < -0.4 is 4.74 Å². The fourth-order valence-corrected chi connectivity index (χ4v) is 3.75. The van der Waals surface area contributed by atoms with Crippen LogP contribution in [0.5, 0.6) is 5.75 Å². The number of nitrogens with zero attached hydrogens (tertiary/aromatic N) is 4. The SMILES string of the molecule is Cc1nn(C)c(Cl)c1CN1CCCN(Cc2cccc(OC(F)(F)F)c2)CC1. The minimum atomic E-state index is -4.67. The summed E-state index contributed by atoms with van der Waals surface area (Å²) in [6.45, 7) is 6.84. The van der Waals surface area contributed by atoms with Gasteiger partial charge in [0.15, 0.2) is 0 Å². The van der Waals surface area contributed by atoms with E-state index in [9.17, 15) is 13.2 Å². The van der Waals surface area contributed by atoms with Crippen molar-refractivity contribution in [2.45, 2.75) is 32.8 Å². The number of hydrogen-bond acceptors (Lipinski definition) is 4. The highest BCUT2D eigenvalue weighted by Crippen LogP contribution is 2.24. The van der Waals surface area contributed by atoms with E-state index in [4.69, 9.17) is 11.6 Å². The molecule has 0 N–H and O–H groups in total. The van der Waals surface area contributed by atoms with Crippen molar-refractivity contribution >= 4 is 11.6 Å². The van der Waals surface area contributed by atoms with E-state index in [0.29, 0.717) is 11.7 Å². The highest BCUT2D eigenvalue weighted by molar-refractivity contribution is 6.30. The van der Waals surface area contributed by atoms with Crippen LogP contribution in [0.25, 0.3) is 0 Å². The average Bonchev–Trinajstić information content (AvgIpc) is 2.76. The Balaban J connectivity index is 1.57. The van der Waals surface area contributed by atoms with Crippen molar-refractivity contribution in [2.24, 2.45) is 7.05 Å². The molecule has 1 aliphatic heterocycles. The number of alkyl halides is 3. The lowest BCUT2D eigenvalue weighted by atomic mass is 10.2. The molecule has 1 fully saturated rings. The molecule has 0 atom stereocenters. The van der Waals surface area contributed by atoms with Crippen LogP contribution in [0, 0.1) is 6.92 Å². The Morgan fingerprint density at radius 2 is 1.79 bits per heavy atom. The van der Waals surface area contributed by atoms with Crippen molar-refractivity contribution in [1.82, 2.24) is 19.6 Å². The maximum atomic E-state index is 12.4. The van der Waals surface area contributed by atoms with E-state index in [1.807, 2.05) is 20.0 Å². The van der Waals surface area contributed by atoms with Gasteiger partial charge in [-0.15, -0.1) is 13.2 Å². The Morgan fingerprint density at radius 1 is 1.11 bits per heavy atom. The summed E-state index contributed by atoms with van der Waals surface area (Å²) >= 11 is 6.34. The van der Waals surface area contributed by atoms with Gasteiger partial charge in [0.2, 0.25) is 0 Å². The number of hydrogen-bond donors (Lipinski definition) is 0. The van der Waals surface area contributed by atoms with E-state index in [0.717, 1.165) is 56.0 Å². The van der Waals surface area contributed by atoms with E-state index in [1.54, 1.807) is 10.7 Å². The van der Waals surface area contributed by atoms with E-state index in [2.05, 4.69) is 19.6 Å². The van der Waals surface area contributed by atoms with Crippen LogP contribution in [0.15, 0.2) is 24.3 Å². The number of halogens is 4. The molecular formula is C19H24ClF3N4O. The number of aromatic nitrogens is 2. The molecule has 0 spiro atoms. The molecule has 0 unspecified atom stereocenters. The van der Waals surface area contributed by atoms with E-state index in [-0.39, 0.29) is 5.75 Å². The fourth-order valence-electron chi connectivity index (χ4n) is 3.52. The Labute approximate surface area is 167 Å². The summed E-state index contributed by atoms with van der Waals surface area (Å²) in [6.07, 6.45) is -3.69.